The Labute approximate surface area is 91.7 Å². The van der Waals surface area contributed by atoms with Crippen molar-refractivity contribution in [3.05, 3.63) is 41.9 Å². The minimum atomic E-state index is -0.606. The topological polar surface area (TPSA) is 43.1 Å². The number of carbonyl (C=O) groups excluding carboxylic acids is 1. The summed E-state index contributed by atoms with van der Waals surface area (Å²) >= 11 is 5.41. The molecule has 76 valence electrons. The number of hydrogen-bond donors (Lipinski definition) is 0. The fourth-order valence-electron chi connectivity index (χ4n) is 1.35. The third-order valence-electron chi connectivity index (χ3n) is 1.96. The Morgan fingerprint density at radius 3 is 2.60 bits per heavy atom. The van der Waals surface area contributed by atoms with Crippen LogP contribution in [0.3, 0.4) is 0 Å². The summed E-state index contributed by atoms with van der Waals surface area (Å²) in [5, 5.41) is -0.606. The molecule has 0 spiro atoms. The van der Waals surface area contributed by atoms with Gasteiger partial charge in [-0.3, -0.25) is 4.79 Å². The predicted molar refractivity (Wildman–Crippen MR) is 56.9 cm³/mol. The lowest BCUT2D eigenvalue weighted by molar-refractivity contribution is 0.107. The molecule has 2 aromatic rings. The van der Waals surface area contributed by atoms with E-state index in [9.17, 15) is 4.79 Å². The Hall–Kier alpha value is -1.61. The molecule has 1 heterocycles. The lowest BCUT2D eigenvalue weighted by Crippen LogP contribution is -1.91. The van der Waals surface area contributed by atoms with Gasteiger partial charge < -0.3 is 4.42 Å². The molecule has 0 aliphatic rings. The van der Waals surface area contributed by atoms with Crippen molar-refractivity contribution in [3.8, 4) is 11.3 Å². The second kappa shape index (κ2) is 3.87. The van der Waals surface area contributed by atoms with E-state index in [0.29, 0.717) is 11.7 Å². The fraction of sp³-hybridized carbons (Fsp3) is 0.0909. The molecule has 0 saturated heterocycles. The summed E-state index contributed by atoms with van der Waals surface area (Å²) in [6.07, 6.45) is 0. The van der Waals surface area contributed by atoms with Crippen LogP contribution in [0, 0.1) is 6.92 Å². The zero-order valence-electron chi connectivity index (χ0n) is 8.03. The molecule has 1 aromatic heterocycles. The van der Waals surface area contributed by atoms with Gasteiger partial charge in [-0.2, -0.15) is 0 Å². The number of rotatable bonds is 2. The molecule has 0 bridgehead atoms. The first-order valence-corrected chi connectivity index (χ1v) is 4.79. The predicted octanol–water partition coefficient (Wildman–Crippen LogP) is 3.03. The van der Waals surface area contributed by atoms with Crippen LogP contribution in [0.25, 0.3) is 11.3 Å². The average molecular weight is 222 g/mol. The summed E-state index contributed by atoms with van der Waals surface area (Å²) in [6.45, 7) is 1.68. The molecular formula is C11H8ClNO2. The van der Waals surface area contributed by atoms with Crippen molar-refractivity contribution in [2.45, 2.75) is 6.92 Å². The van der Waals surface area contributed by atoms with Crippen LogP contribution in [0.15, 0.2) is 34.7 Å². The molecule has 3 nitrogen and oxygen atoms in total. The number of benzene rings is 1. The van der Waals surface area contributed by atoms with E-state index >= 15 is 0 Å². The van der Waals surface area contributed by atoms with Gasteiger partial charge in [-0.1, -0.05) is 30.3 Å². The summed E-state index contributed by atoms with van der Waals surface area (Å²) in [7, 11) is 0. The molecule has 4 heteroatoms. The Balaban J connectivity index is 2.58. The SMILES string of the molecule is Cc1nc(C(=O)Cl)c(-c2ccccc2)o1. The van der Waals surface area contributed by atoms with Crippen molar-refractivity contribution < 1.29 is 9.21 Å². The largest absolute Gasteiger partial charge is 0.440 e. The molecule has 0 N–H and O–H groups in total. The van der Waals surface area contributed by atoms with Crippen LogP contribution in [0.1, 0.15) is 16.4 Å². The number of aromatic nitrogens is 1. The van der Waals surface area contributed by atoms with Crippen molar-refractivity contribution in [2.75, 3.05) is 0 Å². The van der Waals surface area contributed by atoms with Crippen LogP contribution in [-0.4, -0.2) is 10.2 Å². The maximum atomic E-state index is 11.1. The van der Waals surface area contributed by atoms with E-state index in [1.54, 1.807) is 6.92 Å². The quantitative estimate of drug-likeness (QED) is 0.732. The van der Waals surface area contributed by atoms with E-state index in [4.69, 9.17) is 16.0 Å². The molecule has 1 aromatic carbocycles. The number of hydrogen-bond acceptors (Lipinski definition) is 3. The number of carbonyl (C=O) groups is 1. The minimum absolute atomic E-state index is 0.167. The Bertz CT molecular complexity index is 491. The van der Waals surface area contributed by atoms with Gasteiger partial charge >= 0.3 is 0 Å². The van der Waals surface area contributed by atoms with E-state index in [1.807, 2.05) is 30.3 Å². The highest BCUT2D eigenvalue weighted by molar-refractivity contribution is 6.67. The smallest absolute Gasteiger partial charge is 0.274 e. The van der Waals surface area contributed by atoms with E-state index in [1.165, 1.54) is 0 Å². The van der Waals surface area contributed by atoms with Crippen molar-refractivity contribution in [1.82, 2.24) is 4.98 Å². The molecule has 0 amide bonds. The maximum Gasteiger partial charge on any atom is 0.274 e. The van der Waals surface area contributed by atoms with Crippen molar-refractivity contribution >= 4 is 16.8 Å². The van der Waals surface area contributed by atoms with Crippen LogP contribution in [0.2, 0.25) is 0 Å². The molecule has 0 aliphatic carbocycles. The van der Waals surface area contributed by atoms with Crippen LogP contribution in [0.4, 0.5) is 0 Å². The summed E-state index contributed by atoms with van der Waals surface area (Å²) < 4.78 is 5.35. The lowest BCUT2D eigenvalue weighted by Gasteiger charge is -1.96. The second-order valence-electron chi connectivity index (χ2n) is 3.05. The Morgan fingerprint density at radius 1 is 1.33 bits per heavy atom. The number of nitrogens with zero attached hydrogens (tertiary/aromatic N) is 1. The summed E-state index contributed by atoms with van der Waals surface area (Å²) in [5.74, 6) is 0.853. The van der Waals surface area contributed by atoms with Gasteiger partial charge in [0.1, 0.15) is 0 Å². The Kier molecular flexibility index (Phi) is 2.56. The highest BCUT2D eigenvalue weighted by Crippen LogP contribution is 2.25. The van der Waals surface area contributed by atoms with E-state index in [-0.39, 0.29) is 5.69 Å². The first-order valence-electron chi connectivity index (χ1n) is 4.41. The van der Waals surface area contributed by atoms with Crippen LogP contribution in [0.5, 0.6) is 0 Å². The van der Waals surface area contributed by atoms with E-state index in [2.05, 4.69) is 4.98 Å². The van der Waals surface area contributed by atoms with E-state index < -0.39 is 5.24 Å². The zero-order chi connectivity index (χ0) is 10.8. The molecule has 2 rings (SSSR count). The minimum Gasteiger partial charge on any atom is -0.440 e. The highest BCUT2D eigenvalue weighted by atomic mass is 35.5. The van der Waals surface area contributed by atoms with Crippen molar-refractivity contribution in [2.24, 2.45) is 0 Å². The monoisotopic (exact) mass is 221 g/mol. The van der Waals surface area contributed by atoms with Crippen molar-refractivity contribution in [3.63, 3.8) is 0 Å². The fourth-order valence-corrected chi connectivity index (χ4v) is 1.47. The van der Waals surface area contributed by atoms with Crippen LogP contribution < -0.4 is 0 Å². The number of aryl methyl sites for hydroxylation is 1. The summed E-state index contributed by atoms with van der Waals surface area (Å²) in [4.78, 5) is 15.0. The van der Waals surface area contributed by atoms with Gasteiger partial charge in [0.05, 0.1) is 0 Å². The summed E-state index contributed by atoms with van der Waals surface area (Å²) in [5.41, 5.74) is 0.961. The molecule has 0 atom stereocenters. The molecule has 0 fully saturated rings. The standard InChI is InChI=1S/C11H8ClNO2/c1-7-13-9(11(12)14)10(15-7)8-5-3-2-4-6-8/h2-6H,1H3. The van der Waals surface area contributed by atoms with Gasteiger partial charge in [0.2, 0.25) is 0 Å². The van der Waals surface area contributed by atoms with Crippen molar-refractivity contribution in [1.29, 1.82) is 0 Å². The van der Waals surface area contributed by atoms with Gasteiger partial charge in [-0.15, -0.1) is 0 Å². The third-order valence-corrected chi connectivity index (χ3v) is 2.14. The molecular weight excluding hydrogens is 214 g/mol. The van der Waals surface area contributed by atoms with Crippen LogP contribution >= 0.6 is 11.6 Å². The maximum absolute atomic E-state index is 11.1. The van der Waals surface area contributed by atoms with Gasteiger partial charge in [0, 0.05) is 12.5 Å². The highest BCUT2D eigenvalue weighted by Gasteiger charge is 2.17. The van der Waals surface area contributed by atoms with Gasteiger partial charge in [0.15, 0.2) is 17.3 Å². The normalized spacial score (nSPS) is 10.3. The molecule has 0 radical (unpaired) electrons. The Morgan fingerprint density at radius 2 is 2.00 bits per heavy atom. The van der Waals surface area contributed by atoms with Gasteiger partial charge in [-0.05, 0) is 11.6 Å². The first-order chi connectivity index (χ1) is 7.18. The van der Waals surface area contributed by atoms with Gasteiger partial charge in [-0.25, -0.2) is 4.98 Å². The summed E-state index contributed by atoms with van der Waals surface area (Å²) in [6, 6.07) is 9.27. The van der Waals surface area contributed by atoms with E-state index in [0.717, 1.165) is 5.56 Å². The third kappa shape index (κ3) is 1.92. The van der Waals surface area contributed by atoms with Gasteiger partial charge in [0.25, 0.3) is 5.24 Å². The molecule has 0 unspecified atom stereocenters. The molecule has 0 aliphatic heterocycles. The lowest BCUT2D eigenvalue weighted by atomic mass is 10.1. The zero-order valence-corrected chi connectivity index (χ0v) is 8.78. The van der Waals surface area contributed by atoms with Crippen LogP contribution in [-0.2, 0) is 0 Å². The average Bonchev–Trinajstić information content (AvgIpc) is 2.62. The first kappa shape index (κ1) is 9.93. The number of halogens is 1. The molecule has 15 heavy (non-hydrogen) atoms. The second-order valence-corrected chi connectivity index (χ2v) is 3.39. The number of oxazole rings is 1. The molecule has 0 saturated carbocycles.